The van der Waals surface area contributed by atoms with Crippen LogP contribution in [0.5, 0.6) is 0 Å². The maximum absolute atomic E-state index is 12.4. The van der Waals surface area contributed by atoms with E-state index in [4.69, 9.17) is 0 Å². The van der Waals surface area contributed by atoms with Crippen LogP contribution in [0, 0.1) is 0 Å². The monoisotopic (exact) mass is 284 g/mol. The molecule has 0 radical (unpaired) electrons. The van der Waals surface area contributed by atoms with E-state index in [1.807, 2.05) is 0 Å². The Morgan fingerprint density at radius 2 is 1.80 bits per heavy atom. The van der Waals surface area contributed by atoms with Crippen LogP contribution in [-0.2, 0) is 25.7 Å². The Bertz CT molecular complexity index is 583. The fraction of sp³-hybridized carbons (Fsp3) is 0.389. The van der Waals surface area contributed by atoms with Crippen LogP contribution in [-0.4, -0.2) is 5.78 Å². The van der Waals surface area contributed by atoms with Gasteiger partial charge in [0.1, 0.15) is 0 Å². The number of fused-ring (bicyclic) bond motifs is 1. The number of benzene rings is 1. The van der Waals surface area contributed by atoms with Gasteiger partial charge in [-0.3, -0.25) is 4.79 Å². The van der Waals surface area contributed by atoms with Crippen molar-refractivity contribution in [2.75, 3.05) is 0 Å². The molecular weight excluding hydrogens is 264 g/mol. The number of hydrogen-bond acceptors (Lipinski definition) is 2. The topological polar surface area (TPSA) is 17.1 Å². The normalized spacial score (nSPS) is 14.1. The minimum atomic E-state index is 0.272. The second kappa shape index (κ2) is 5.92. The number of Topliss-reactive ketones (excluding diaryl/α,β-unsaturated/α-hetero) is 1. The molecule has 0 aliphatic heterocycles. The van der Waals surface area contributed by atoms with Crippen LogP contribution in [0.25, 0.3) is 0 Å². The predicted octanol–water partition coefficient (Wildman–Crippen LogP) is 4.61. The standard InChI is InChI=1S/C18H20OS/c1-2-13-7-9-14(10-8-13)11-16(19)18-12-15-5-3-4-6-17(15)20-18/h7-10,12H,2-6,11H2,1H3. The summed E-state index contributed by atoms with van der Waals surface area (Å²) in [4.78, 5) is 14.8. The third kappa shape index (κ3) is 2.85. The average molecular weight is 284 g/mol. The second-order valence-corrected chi connectivity index (χ2v) is 6.67. The molecule has 0 atom stereocenters. The molecule has 104 valence electrons. The first-order valence-electron chi connectivity index (χ1n) is 7.49. The number of carbonyl (C=O) groups excluding carboxylic acids is 1. The zero-order valence-electron chi connectivity index (χ0n) is 11.9. The Hall–Kier alpha value is -1.41. The fourth-order valence-corrected chi connectivity index (χ4v) is 3.98. The van der Waals surface area contributed by atoms with E-state index in [1.165, 1.54) is 35.3 Å². The summed E-state index contributed by atoms with van der Waals surface area (Å²) in [6.45, 7) is 2.15. The number of aryl methyl sites for hydroxylation is 3. The molecule has 20 heavy (non-hydrogen) atoms. The van der Waals surface area contributed by atoms with Gasteiger partial charge >= 0.3 is 0 Å². The van der Waals surface area contributed by atoms with Crippen LogP contribution >= 0.6 is 11.3 Å². The summed E-state index contributed by atoms with van der Waals surface area (Å²) in [5, 5.41) is 0. The average Bonchev–Trinajstić information content (AvgIpc) is 2.92. The van der Waals surface area contributed by atoms with Gasteiger partial charge in [-0.2, -0.15) is 0 Å². The molecule has 1 aromatic carbocycles. The molecule has 1 nitrogen and oxygen atoms in total. The van der Waals surface area contributed by atoms with Crippen molar-refractivity contribution >= 4 is 17.1 Å². The Balaban J connectivity index is 1.73. The summed E-state index contributed by atoms with van der Waals surface area (Å²) < 4.78 is 0. The lowest BCUT2D eigenvalue weighted by molar-refractivity contribution is 0.0997. The van der Waals surface area contributed by atoms with Gasteiger partial charge in [-0.05, 0) is 54.9 Å². The molecule has 0 unspecified atom stereocenters. The van der Waals surface area contributed by atoms with E-state index in [9.17, 15) is 4.79 Å². The maximum atomic E-state index is 12.4. The largest absolute Gasteiger partial charge is 0.293 e. The SMILES string of the molecule is CCc1ccc(CC(=O)c2cc3c(s2)CCCC3)cc1. The molecule has 0 amide bonds. The van der Waals surface area contributed by atoms with Gasteiger partial charge in [0, 0.05) is 11.3 Å². The fourth-order valence-electron chi connectivity index (χ4n) is 2.79. The first-order valence-corrected chi connectivity index (χ1v) is 8.30. The summed E-state index contributed by atoms with van der Waals surface area (Å²) in [6.07, 6.45) is 6.45. The van der Waals surface area contributed by atoms with E-state index < -0.39 is 0 Å². The van der Waals surface area contributed by atoms with Gasteiger partial charge in [0.15, 0.2) is 5.78 Å². The molecule has 0 saturated carbocycles. The third-order valence-corrected chi connectivity index (χ3v) is 5.35. The summed E-state index contributed by atoms with van der Waals surface area (Å²) >= 11 is 1.72. The molecular formula is C18H20OS. The highest BCUT2D eigenvalue weighted by molar-refractivity contribution is 7.14. The van der Waals surface area contributed by atoms with Gasteiger partial charge in [-0.1, -0.05) is 31.2 Å². The van der Waals surface area contributed by atoms with Crippen molar-refractivity contribution < 1.29 is 4.79 Å². The summed E-state index contributed by atoms with van der Waals surface area (Å²) in [7, 11) is 0. The van der Waals surface area contributed by atoms with E-state index >= 15 is 0 Å². The number of thiophene rings is 1. The molecule has 0 N–H and O–H groups in total. The van der Waals surface area contributed by atoms with E-state index in [-0.39, 0.29) is 5.78 Å². The van der Waals surface area contributed by atoms with Crippen molar-refractivity contribution in [3.63, 3.8) is 0 Å². The van der Waals surface area contributed by atoms with E-state index in [0.29, 0.717) is 6.42 Å². The summed E-state index contributed by atoms with van der Waals surface area (Å²) in [5.74, 6) is 0.272. The zero-order chi connectivity index (χ0) is 13.9. The maximum Gasteiger partial charge on any atom is 0.177 e. The molecule has 0 bridgehead atoms. The highest BCUT2D eigenvalue weighted by Crippen LogP contribution is 2.30. The Morgan fingerprint density at radius 3 is 2.50 bits per heavy atom. The number of carbonyl (C=O) groups is 1. The zero-order valence-corrected chi connectivity index (χ0v) is 12.8. The van der Waals surface area contributed by atoms with Crippen molar-refractivity contribution in [3.8, 4) is 0 Å². The van der Waals surface area contributed by atoms with Crippen LogP contribution < -0.4 is 0 Å². The van der Waals surface area contributed by atoms with Gasteiger partial charge in [0.25, 0.3) is 0 Å². The van der Waals surface area contributed by atoms with E-state index in [2.05, 4.69) is 37.3 Å². The van der Waals surface area contributed by atoms with Gasteiger partial charge in [-0.15, -0.1) is 11.3 Å². The van der Waals surface area contributed by atoms with E-state index in [1.54, 1.807) is 11.3 Å². The number of ketones is 1. The molecule has 1 aliphatic rings. The lowest BCUT2D eigenvalue weighted by atomic mass is 9.98. The predicted molar refractivity (Wildman–Crippen MR) is 84.8 cm³/mol. The van der Waals surface area contributed by atoms with Crippen molar-refractivity contribution in [2.24, 2.45) is 0 Å². The molecule has 1 aliphatic carbocycles. The molecule has 0 saturated heterocycles. The quantitative estimate of drug-likeness (QED) is 0.749. The van der Waals surface area contributed by atoms with Gasteiger partial charge < -0.3 is 0 Å². The second-order valence-electron chi connectivity index (χ2n) is 5.54. The minimum Gasteiger partial charge on any atom is -0.293 e. The third-order valence-electron chi connectivity index (χ3n) is 4.07. The van der Waals surface area contributed by atoms with Crippen LogP contribution in [0.1, 0.15) is 51.0 Å². The molecule has 0 fully saturated rings. The number of hydrogen-bond donors (Lipinski definition) is 0. The van der Waals surface area contributed by atoms with Crippen molar-refractivity contribution in [3.05, 3.63) is 56.8 Å². The lowest BCUT2D eigenvalue weighted by Gasteiger charge is -2.08. The minimum absolute atomic E-state index is 0.272. The molecule has 0 spiro atoms. The van der Waals surface area contributed by atoms with Crippen LogP contribution in [0.3, 0.4) is 0 Å². The van der Waals surface area contributed by atoms with Crippen LogP contribution in [0.15, 0.2) is 30.3 Å². The smallest absolute Gasteiger partial charge is 0.177 e. The van der Waals surface area contributed by atoms with Gasteiger partial charge in [0.05, 0.1) is 4.88 Å². The summed E-state index contributed by atoms with van der Waals surface area (Å²) in [6, 6.07) is 10.6. The first-order chi connectivity index (χ1) is 9.76. The molecule has 3 rings (SSSR count). The van der Waals surface area contributed by atoms with Gasteiger partial charge in [0.2, 0.25) is 0 Å². The Labute approximate surface area is 124 Å². The van der Waals surface area contributed by atoms with E-state index in [0.717, 1.165) is 23.3 Å². The number of rotatable bonds is 4. The molecule has 2 aromatic rings. The Kier molecular flexibility index (Phi) is 4.02. The Morgan fingerprint density at radius 1 is 1.10 bits per heavy atom. The molecule has 2 heteroatoms. The van der Waals surface area contributed by atoms with Crippen molar-refractivity contribution in [1.82, 2.24) is 0 Å². The van der Waals surface area contributed by atoms with Gasteiger partial charge in [-0.25, -0.2) is 0 Å². The first kappa shape index (κ1) is 13.6. The highest BCUT2D eigenvalue weighted by Gasteiger charge is 2.17. The molecule has 1 heterocycles. The van der Waals surface area contributed by atoms with Crippen molar-refractivity contribution in [1.29, 1.82) is 0 Å². The molecule has 1 aromatic heterocycles. The summed E-state index contributed by atoms with van der Waals surface area (Å²) in [5.41, 5.74) is 3.87. The van der Waals surface area contributed by atoms with Crippen LogP contribution in [0.2, 0.25) is 0 Å². The highest BCUT2D eigenvalue weighted by atomic mass is 32.1. The lowest BCUT2D eigenvalue weighted by Crippen LogP contribution is -2.01. The van der Waals surface area contributed by atoms with Crippen molar-refractivity contribution in [2.45, 2.75) is 45.4 Å². The van der Waals surface area contributed by atoms with Crippen LogP contribution in [0.4, 0.5) is 0 Å².